The first-order chi connectivity index (χ1) is 4.00. The van der Waals surface area contributed by atoms with E-state index in [1.165, 1.54) is 24.6 Å². The molecule has 0 saturated heterocycles. The van der Waals surface area contributed by atoms with Crippen LogP contribution in [0.1, 0.15) is 19.3 Å². The molecule has 1 rings (SSSR count). The molecule has 0 aromatic rings. The van der Waals surface area contributed by atoms with Crippen molar-refractivity contribution in [3.8, 4) is 0 Å². The molecule has 0 unspecified atom stereocenters. The van der Waals surface area contributed by atoms with E-state index in [4.69, 9.17) is 0 Å². The van der Waals surface area contributed by atoms with Gasteiger partial charge in [-0.15, -0.1) is 0 Å². The van der Waals surface area contributed by atoms with E-state index in [-0.39, 0.29) is 0 Å². The van der Waals surface area contributed by atoms with E-state index in [1.807, 2.05) is 0 Å². The summed E-state index contributed by atoms with van der Waals surface area (Å²) in [5.41, 5.74) is 0. The Hall–Kier alpha value is 0.779. The van der Waals surface area contributed by atoms with Gasteiger partial charge < -0.3 is 0 Å². The zero-order chi connectivity index (χ0) is 5.66. The predicted molar refractivity (Wildman–Crippen MR) is 39.3 cm³/mol. The summed E-state index contributed by atoms with van der Waals surface area (Å²) in [5.74, 6) is 0. The minimum absolute atomic E-state index is 0.910. The molecule has 0 atom stereocenters. The van der Waals surface area contributed by atoms with Gasteiger partial charge in [0.25, 0.3) is 0 Å². The molecule has 0 radical (unpaired) electrons. The molecular weight excluding hydrogens is 230 g/mol. The second kappa shape index (κ2) is 4.64. The molecule has 0 spiro atoms. The van der Waals surface area contributed by atoms with E-state index in [1.54, 1.807) is 0 Å². The van der Waals surface area contributed by atoms with Gasteiger partial charge in [0, 0.05) is 0 Å². The molecule has 0 aliphatic carbocycles. The first-order valence-electron chi connectivity index (χ1n) is 2.93. The quantitative estimate of drug-likeness (QED) is 0.562. The van der Waals surface area contributed by atoms with Gasteiger partial charge in [-0.3, -0.25) is 0 Å². The van der Waals surface area contributed by atoms with Gasteiger partial charge in [0.05, 0.1) is 0 Å². The van der Waals surface area contributed by atoms with E-state index >= 15 is 0 Å². The van der Waals surface area contributed by atoms with Crippen LogP contribution in [0.4, 0.5) is 0 Å². The van der Waals surface area contributed by atoms with Crippen molar-refractivity contribution < 1.29 is 0 Å². The van der Waals surface area contributed by atoms with Crippen LogP contribution in [0.3, 0.4) is 0 Å². The molecule has 0 N–H and O–H groups in total. The minimum atomic E-state index is 0.910. The van der Waals surface area contributed by atoms with Crippen molar-refractivity contribution in [1.82, 2.24) is 0 Å². The molecule has 0 nitrogen and oxygen atoms in total. The summed E-state index contributed by atoms with van der Waals surface area (Å²) in [6.07, 6.45) is 6.64. The maximum atomic E-state index is 2.41. The number of allylic oxidation sites excluding steroid dienone is 1. The van der Waals surface area contributed by atoms with Crippen molar-refractivity contribution in [1.29, 1.82) is 0 Å². The van der Waals surface area contributed by atoms with Gasteiger partial charge in [0.2, 0.25) is 0 Å². The fourth-order valence-electron chi connectivity index (χ4n) is 0.618. The standard InChI is InChI=1S/C6H10Se2/c1-2-4-6-8-7-5-3-1/h3,5H,1-2,4,6H2/b5-3-. The van der Waals surface area contributed by atoms with Crippen molar-refractivity contribution in [2.75, 3.05) is 0 Å². The molecule has 0 aromatic heterocycles. The third kappa shape index (κ3) is 2.94. The first-order valence-corrected chi connectivity index (χ1v) is 9.47. The Kier molecular flexibility index (Phi) is 4.00. The Bertz CT molecular complexity index is 68.6. The Morgan fingerprint density at radius 3 is 3.25 bits per heavy atom. The average molecular weight is 240 g/mol. The molecule has 0 fully saturated rings. The summed E-state index contributed by atoms with van der Waals surface area (Å²) < 4.78 is 0. The second-order valence-electron chi connectivity index (χ2n) is 1.79. The summed E-state index contributed by atoms with van der Waals surface area (Å²) in [6, 6.07) is 0. The van der Waals surface area contributed by atoms with Gasteiger partial charge in [-0.25, -0.2) is 0 Å². The molecule has 0 saturated carbocycles. The summed E-state index contributed by atoms with van der Waals surface area (Å²) in [5, 5.41) is 1.54. The molecule has 0 bridgehead atoms. The number of hydrogen-bond acceptors (Lipinski definition) is 0. The van der Waals surface area contributed by atoms with Crippen molar-refractivity contribution in [2.45, 2.75) is 24.6 Å². The molecule has 2 heteroatoms. The molecule has 0 amide bonds. The second-order valence-corrected chi connectivity index (χ2v) is 8.78. The van der Waals surface area contributed by atoms with Crippen LogP contribution in [0.5, 0.6) is 0 Å². The number of hydrogen-bond donors (Lipinski definition) is 0. The van der Waals surface area contributed by atoms with Gasteiger partial charge in [0.15, 0.2) is 0 Å². The summed E-state index contributed by atoms with van der Waals surface area (Å²) in [4.78, 5) is 2.41. The van der Waals surface area contributed by atoms with Crippen LogP contribution in [-0.4, -0.2) is 26.3 Å². The fourth-order valence-corrected chi connectivity index (χ4v) is 6.16. The van der Waals surface area contributed by atoms with E-state index in [2.05, 4.69) is 11.1 Å². The fraction of sp³-hybridized carbons (Fsp3) is 0.667. The summed E-state index contributed by atoms with van der Waals surface area (Å²) in [7, 11) is 0. The molecule has 1 aliphatic heterocycles. The summed E-state index contributed by atoms with van der Waals surface area (Å²) in [6.45, 7) is 0. The van der Waals surface area contributed by atoms with Gasteiger partial charge >= 0.3 is 61.9 Å². The Morgan fingerprint density at radius 2 is 2.25 bits per heavy atom. The van der Waals surface area contributed by atoms with Crippen molar-refractivity contribution >= 4 is 26.3 Å². The van der Waals surface area contributed by atoms with Crippen LogP contribution >= 0.6 is 0 Å². The van der Waals surface area contributed by atoms with Gasteiger partial charge in [-0.1, -0.05) is 0 Å². The van der Waals surface area contributed by atoms with Crippen LogP contribution in [-0.2, 0) is 0 Å². The third-order valence-corrected chi connectivity index (χ3v) is 7.46. The molecule has 1 aliphatic rings. The van der Waals surface area contributed by atoms with Crippen LogP contribution in [0.2, 0.25) is 5.32 Å². The zero-order valence-electron chi connectivity index (χ0n) is 4.80. The Morgan fingerprint density at radius 1 is 1.25 bits per heavy atom. The zero-order valence-corrected chi connectivity index (χ0v) is 8.23. The normalized spacial score (nSPS) is 26.0. The van der Waals surface area contributed by atoms with Crippen LogP contribution < -0.4 is 0 Å². The van der Waals surface area contributed by atoms with Crippen molar-refractivity contribution in [3.63, 3.8) is 0 Å². The monoisotopic (exact) mass is 242 g/mol. The maximum absolute atomic E-state index is 2.41. The number of rotatable bonds is 0. The molecule has 8 heavy (non-hydrogen) atoms. The SMILES string of the molecule is C1=C\[Se][Se]CCCC/1. The molecule has 1 heterocycles. The van der Waals surface area contributed by atoms with Gasteiger partial charge in [-0.05, 0) is 0 Å². The first kappa shape index (κ1) is 6.89. The topological polar surface area (TPSA) is 0 Å². The Labute approximate surface area is 62.0 Å². The Balaban J connectivity index is 2.17. The molecular formula is C6H10Se2. The summed E-state index contributed by atoms with van der Waals surface area (Å²) >= 11 is 1.91. The predicted octanol–water partition coefficient (Wildman–Crippen LogP) is 1.43. The molecule has 0 aromatic carbocycles. The van der Waals surface area contributed by atoms with Gasteiger partial charge in [-0.2, -0.15) is 0 Å². The van der Waals surface area contributed by atoms with E-state index in [9.17, 15) is 0 Å². The van der Waals surface area contributed by atoms with Crippen molar-refractivity contribution in [2.24, 2.45) is 0 Å². The van der Waals surface area contributed by atoms with E-state index in [0.717, 1.165) is 26.3 Å². The third-order valence-electron chi connectivity index (χ3n) is 1.07. The van der Waals surface area contributed by atoms with Gasteiger partial charge in [0.1, 0.15) is 0 Å². The van der Waals surface area contributed by atoms with Crippen molar-refractivity contribution in [3.05, 3.63) is 11.1 Å². The van der Waals surface area contributed by atoms with Crippen LogP contribution in [0, 0.1) is 0 Å². The van der Waals surface area contributed by atoms with Crippen LogP contribution in [0.25, 0.3) is 0 Å². The van der Waals surface area contributed by atoms with Crippen LogP contribution in [0.15, 0.2) is 11.1 Å². The average Bonchev–Trinajstić information content (AvgIpc) is 1.62. The van der Waals surface area contributed by atoms with E-state index in [0.29, 0.717) is 0 Å². The molecule has 46 valence electrons. The van der Waals surface area contributed by atoms with E-state index < -0.39 is 0 Å².